The molecule has 2 aromatic rings. The molecule has 0 spiro atoms. The normalized spacial score (nSPS) is 11.7. The number of rotatable bonds is 2. The zero-order valence-corrected chi connectivity index (χ0v) is 11.2. The van der Waals surface area contributed by atoms with Gasteiger partial charge in [0.1, 0.15) is 6.29 Å². The fraction of sp³-hybridized carbons (Fsp3) is 0.286. The van der Waals surface area contributed by atoms with Crippen LogP contribution < -0.4 is 0 Å². The first-order valence-electron chi connectivity index (χ1n) is 5.92. The Morgan fingerprint density at radius 2 is 1.80 bits per heavy atom. The van der Waals surface area contributed by atoms with Gasteiger partial charge >= 0.3 is 6.18 Å². The topological polar surface area (TPSA) is 34.9 Å². The summed E-state index contributed by atoms with van der Waals surface area (Å²) in [5.74, 6) is 0. The largest absolute Gasteiger partial charge is 0.435 e. The molecule has 1 aromatic heterocycles. The molecule has 2 rings (SSSR count). The molecule has 106 valence electrons. The summed E-state index contributed by atoms with van der Waals surface area (Å²) in [5.41, 5.74) is 2.06. The molecule has 0 aliphatic rings. The lowest BCUT2D eigenvalue weighted by Gasteiger charge is -2.09. The molecule has 3 nitrogen and oxygen atoms in total. The zero-order valence-electron chi connectivity index (χ0n) is 11.2. The number of halogens is 3. The van der Waals surface area contributed by atoms with E-state index < -0.39 is 11.9 Å². The average molecular weight is 282 g/mol. The van der Waals surface area contributed by atoms with Crippen molar-refractivity contribution in [2.75, 3.05) is 0 Å². The van der Waals surface area contributed by atoms with Crippen molar-refractivity contribution >= 4 is 6.29 Å². The van der Waals surface area contributed by atoms with Gasteiger partial charge in [-0.15, -0.1) is 0 Å². The van der Waals surface area contributed by atoms with E-state index in [1.54, 1.807) is 26.0 Å². The van der Waals surface area contributed by atoms with Crippen molar-refractivity contribution in [3.8, 4) is 11.3 Å². The highest BCUT2D eigenvalue weighted by Gasteiger charge is 2.34. The molecular formula is C14H13F3N2O. The second-order valence-corrected chi connectivity index (χ2v) is 4.68. The van der Waals surface area contributed by atoms with Crippen LogP contribution in [0, 0.1) is 13.8 Å². The monoisotopic (exact) mass is 282 g/mol. The molecule has 0 atom stereocenters. The van der Waals surface area contributed by atoms with E-state index in [1.165, 1.54) is 11.7 Å². The van der Waals surface area contributed by atoms with Crippen LogP contribution >= 0.6 is 0 Å². The summed E-state index contributed by atoms with van der Waals surface area (Å²) in [4.78, 5) is 10.9. The summed E-state index contributed by atoms with van der Waals surface area (Å²) < 4.78 is 39.2. The summed E-state index contributed by atoms with van der Waals surface area (Å²) in [6.45, 7) is 3.50. The number of hydrogen-bond acceptors (Lipinski definition) is 2. The molecule has 1 aromatic carbocycles. The molecule has 0 unspecified atom stereocenters. The van der Waals surface area contributed by atoms with E-state index in [4.69, 9.17) is 0 Å². The Balaban J connectivity index is 2.60. The molecule has 0 aliphatic heterocycles. The minimum atomic E-state index is -4.47. The molecule has 1 heterocycles. The van der Waals surface area contributed by atoms with Gasteiger partial charge in [0.05, 0.1) is 5.69 Å². The molecule has 20 heavy (non-hydrogen) atoms. The lowest BCUT2D eigenvalue weighted by atomic mass is 9.98. The van der Waals surface area contributed by atoms with Gasteiger partial charge in [-0.3, -0.25) is 9.48 Å². The smallest absolute Gasteiger partial charge is 0.298 e. The third-order valence-electron chi connectivity index (χ3n) is 3.19. The van der Waals surface area contributed by atoms with Crippen molar-refractivity contribution in [1.82, 2.24) is 9.78 Å². The van der Waals surface area contributed by atoms with Crippen molar-refractivity contribution in [3.63, 3.8) is 0 Å². The predicted molar refractivity (Wildman–Crippen MR) is 68.5 cm³/mol. The van der Waals surface area contributed by atoms with Crippen LogP contribution in [0.5, 0.6) is 0 Å². The maximum atomic E-state index is 12.7. The number of benzene rings is 1. The highest BCUT2D eigenvalue weighted by atomic mass is 19.4. The first kappa shape index (κ1) is 14.3. The quantitative estimate of drug-likeness (QED) is 0.790. The molecular weight excluding hydrogens is 269 g/mol. The number of carbonyl (C=O) groups excluding carboxylic acids is 1. The van der Waals surface area contributed by atoms with Gasteiger partial charge < -0.3 is 0 Å². The third-order valence-corrected chi connectivity index (χ3v) is 3.19. The van der Waals surface area contributed by atoms with Crippen molar-refractivity contribution in [2.24, 2.45) is 7.05 Å². The van der Waals surface area contributed by atoms with E-state index in [0.29, 0.717) is 16.8 Å². The van der Waals surface area contributed by atoms with Gasteiger partial charge in [-0.1, -0.05) is 0 Å². The van der Waals surface area contributed by atoms with Gasteiger partial charge in [0.2, 0.25) is 0 Å². The van der Waals surface area contributed by atoms with Crippen LogP contribution in [-0.4, -0.2) is 16.1 Å². The van der Waals surface area contributed by atoms with Gasteiger partial charge in [-0.25, -0.2) is 0 Å². The first-order valence-corrected chi connectivity index (χ1v) is 5.92. The van der Waals surface area contributed by atoms with Crippen LogP contribution in [0.2, 0.25) is 0 Å². The van der Waals surface area contributed by atoms with Crippen LogP contribution in [0.25, 0.3) is 11.3 Å². The molecule has 0 fully saturated rings. The minimum absolute atomic E-state index is 0.371. The minimum Gasteiger partial charge on any atom is -0.298 e. The van der Waals surface area contributed by atoms with Gasteiger partial charge in [0.25, 0.3) is 0 Å². The molecule has 0 radical (unpaired) electrons. The van der Waals surface area contributed by atoms with Gasteiger partial charge in [0.15, 0.2) is 5.69 Å². The highest BCUT2D eigenvalue weighted by Crippen LogP contribution is 2.33. The van der Waals surface area contributed by atoms with Crippen molar-refractivity contribution in [1.29, 1.82) is 0 Å². The second-order valence-electron chi connectivity index (χ2n) is 4.68. The van der Waals surface area contributed by atoms with Gasteiger partial charge in [0, 0.05) is 18.2 Å². The third kappa shape index (κ3) is 2.45. The van der Waals surface area contributed by atoms with Crippen LogP contribution in [0.3, 0.4) is 0 Å². The highest BCUT2D eigenvalue weighted by molar-refractivity contribution is 5.80. The van der Waals surface area contributed by atoms with E-state index in [0.717, 1.165) is 23.5 Å². The SMILES string of the molecule is Cc1cc(-c2cc(C(F)(F)F)nn2C)c(C)cc1C=O. The van der Waals surface area contributed by atoms with E-state index in [-0.39, 0.29) is 0 Å². The Bertz CT molecular complexity index is 672. The maximum Gasteiger partial charge on any atom is 0.435 e. The number of hydrogen-bond donors (Lipinski definition) is 0. The second kappa shape index (κ2) is 4.77. The van der Waals surface area contributed by atoms with Crippen molar-refractivity contribution in [2.45, 2.75) is 20.0 Å². The van der Waals surface area contributed by atoms with Crippen molar-refractivity contribution < 1.29 is 18.0 Å². The average Bonchev–Trinajstić information content (AvgIpc) is 2.73. The van der Waals surface area contributed by atoms with Crippen LogP contribution in [0.15, 0.2) is 18.2 Å². The first-order chi connectivity index (χ1) is 9.24. The Morgan fingerprint density at radius 1 is 1.15 bits per heavy atom. The van der Waals surface area contributed by atoms with Gasteiger partial charge in [-0.2, -0.15) is 18.3 Å². The van der Waals surface area contributed by atoms with E-state index in [2.05, 4.69) is 5.10 Å². The summed E-state index contributed by atoms with van der Waals surface area (Å²) in [6, 6.07) is 4.39. The summed E-state index contributed by atoms with van der Waals surface area (Å²) in [7, 11) is 1.47. The fourth-order valence-electron chi connectivity index (χ4n) is 2.10. The Hall–Kier alpha value is -2.11. The molecule has 0 N–H and O–H groups in total. The standard InChI is InChI=1S/C14H13F3N2O/c1-8-5-11(9(2)4-10(8)7-20)12-6-13(14(15,16)17)18-19(12)3/h4-7H,1-3H3. The Morgan fingerprint density at radius 3 is 2.30 bits per heavy atom. The molecule has 6 heteroatoms. The molecule has 0 saturated heterocycles. The molecule has 0 amide bonds. The van der Waals surface area contributed by atoms with E-state index in [9.17, 15) is 18.0 Å². The number of aldehydes is 1. The van der Waals surface area contributed by atoms with Gasteiger partial charge in [-0.05, 0) is 43.2 Å². The van der Waals surface area contributed by atoms with Crippen molar-refractivity contribution in [3.05, 3.63) is 40.6 Å². The Kier molecular flexibility index (Phi) is 3.41. The lowest BCUT2D eigenvalue weighted by molar-refractivity contribution is -0.141. The number of nitrogens with zero attached hydrogens (tertiary/aromatic N) is 2. The van der Waals surface area contributed by atoms with E-state index >= 15 is 0 Å². The molecule has 0 bridgehead atoms. The summed E-state index contributed by atoms with van der Waals surface area (Å²) in [6.07, 6.45) is -3.74. The predicted octanol–water partition coefficient (Wildman–Crippen LogP) is 3.54. The number of aromatic nitrogens is 2. The number of carbonyl (C=O) groups is 1. The zero-order chi connectivity index (χ0) is 15.1. The molecule has 0 saturated carbocycles. The van der Waals surface area contributed by atoms with E-state index in [1.807, 2.05) is 0 Å². The van der Waals surface area contributed by atoms with Crippen LogP contribution in [0.1, 0.15) is 27.2 Å². The fourth-order valence-corrected chi connectivity index (χ4v) is 2.10. The number of aryl methyl sites for hydroxylation is 3. The summed E-state index contributed by atoms with van der Waals surface area (Å²) >= 11 is 0. The summed E-state index contributed by atoms with van der Waals surface area (Å²) in [5, 5.41) is 3.49. The lowest BCUT2D eigenvalue weighted by Crippen LogP contribution is -2.06. The Labute approximate surface area is 114 Å². The van der Waals surface area contributed by atoms with Crippen LogP contribution in [0.4, 0.5) is 13.2 Å². The number of alkyl halides is 3. The molecule has 0 aliphatic carbocycles. The maximum absolute atomic E-state index is 12.7. The van der Waals surface area contributed by atoms with Crippen LogP contribution in [-0.2, 0) is 13.2 Å².